The van der Waals surface area contributed by atoms with Crippen LogP contribution in [0.4, 0.5) is 18.9 Å². The summed E-state index contributed by atoms with van der Waals surface area (Å²) in [6, 6.07) is 6.13. The maximum Gasteiger partial charge on any atom is 0.418 e. The van der Waals surface area contributed by atoms with Crippen LogP contribution in [0.2, 0.25) is 0 Å². The second kappa shape index (κ2) is 7.02. The van der Waals surface area contributed by atoms with E-state index in [9.17, 15) is 13.2 Å². The maximum absolute atomic E-state index is 13.2. The molecule has 0 spiro atoms. The number of hydrogen-bond acceptors (Lipinski definition) is 3. The number of hydrogen-bond donors (Lipinski definition) is 1. The van der Waals surface area contributed by atoms with E-state index >= 15 is 0 Å². The third kappa shape index (κ3) is 3.84. The van der Waals surface area contributed by atoms with Gasteiger partial charge in [0.25, 0.3) is 0 Å². The number of halogens is 3. The van der Waals surface area contributed by atoms with E-state index in [1.807, 2.05) is 6.07 Å². The van der Waals surface area contributed by atoms with Gasteiger partial charge in [-0.1, -0.05) is 12.8 Å². The number of nitriles is 1. The lowest BCUT2D eigenvalue weighted by molar-refractivity contribution is -0.137. The van der Waals surface area contributed by atoms with Gasteiger partial charge in [-0.2, -0.15) is 18.4 Å². The Morgan fingerprint density at radius 3 is 2.33 bits per heavy atom. The largest absolute Gasteiger partial charge is 0.418 e. The van der Waals surface area contributed by atoms with Gasteiger partial charge < -0.3 is 10.2 Å². The topological polar surface area (TPSA) is 39.1 Å². The Kier molecular flexibility index (Phi) is 5.00. The Labute approximate surface area is 140 Å². The normalized spacial score (nSPS) is 20.9. The molecular formula is C18H22F3N3. The molecule has 2 aliphatic rings. The molecule has 6 heteroatoms. The first-order chi connectivity index (χ1) is 11.5. The summed E-state index contributed by atoms with van der Waals surface area (Å²) >= 11 is 0. The first kappa shape index (κ1) is 17.1. The second-order valence-electron chi connectivity index (χ2n) is 6.76. The maximum atomic E-state index is 13.2. The zero-order valence-corrected chi connectivity index (χ0v) is 13.6. The van der Waals surface area contributed by atoms with Gasteiger partial charge >= 0.3 is 6.18 Å². The van der Waals surface area contributed by atoms with Crippen LogP contribution in [0, 0.1) is 11.3 Å². The number of piperidine rings is 1. The van der Waals surface area contributed by atoms with Gasteiger partial charge in [-0.15, -0.1) is 0 Å². The molecule has 1 aliphatic heterocycles. The van der Waals surface area contributed by atoms with Crippen LogP contribution in [-0.2, 0) is 6.18 Å². The average molecular weight is 337 g/mol. The van der Waals surface area contributed by atoms with Crippen molar-refractivity contribution in [1.82, 2.24) is 4.90 Å². The summed E-state index contributed by atoms with van der Waals surface area (Å²) in [5.74, 6) is 0. The van der Waals surface area contributed by atoms with E-state index in [-0.39, 0.29) is 17.3 Å². The lowest BCUT2D eigenvalue weighted by atomic mass is 10.0. The molecule has 0 aromatic heterocycles. The molecule has 1 N–H and O–H groups in total. The van der Waals surface area contributed by atoms with Crippen LogP contribution >= 0.6 is 0 Å². The summed E-state index contributed by atoms with van der Waals surface area (Å²) in [6.45, 7) is 1.86. The molecule has 1 aromatic carbocycles. The molecule has 130 valence electrons. The molecule has 0 unspecified atom stereocenters. The number of alkyl halides is 3. The molecule has 1 saturated carbocycles. The first-order valence-corrected chi connectivity index (χ1v) is 8.59. The van der Waals surface area contributed by atoms with Crippen LogP contribution in [0.15, 0.2) is 18.2 Å². The molecule has 3 rings (SSSR count). The summed E-state index contributed by atoms with van der Waals surface area (Å²) < 4.78 is 39.5. The predicted molar refractivity (Wildman–Crippen MR) is 86.6 cm³/mol. The molecule has 1 aromatic rings. The van der Waals surface area contributed by atoms with Gasteiger partial charge in [0, 0.05) is 30.9 Å². The number of likely N-dealkylation sites (tertiary alicyclic amines) is 1. The van der Waals surface area contributed by atoms with Gasteiger partial charge in [0.15, 0.2) is 0 Å². The van der Waals surface area contributed by atoms with Gasteiger partial charge in [0.2, 0.25) is 0 Å². The van der Waals surface area contributed by atoms with Crippen LogP contribution in [0.3, 0.4) is 0 Å². The highest BCUT2D eigenvalue weighted by Crippen LogP contribution is 2.36. The molecule has 3 nitrogen and oxygen atoms in total. The second-order valence-corrected chi connectivity index (χ2v) is 6.76. The molecule has 1 aliphatic carbocycles. The van der Waals surface area contributed by atoms with Crippen molar-refractivity contribution in [1.29, 1.82) is 5.26 Å². The third-order valence-electron chi connectivity index (χ3n) is 5.18. The fourth-order valence-electron chi connectivity index (χ4n) is 3.88. The molecule has 0 amide bonds. The number of nitrogens with one attached hydrogen (secondary N) is 1. The zero-order chi connectivity index (χ0) is 17.2. The lowest BCUT2D eigenvalue weighted by Gasteiger charge is -2.36. The Balaban J connectivity index is 1.67. The molecule has 0 atom stereocenters. The van der Waals surface area contributed by atoms with Crippen molar-refractivity contribution >= 4 is 5.69 Å². The van der Waals surface area contributed by atoms with E-state index in [1.54, 1.807) is 0 Å². The summed E-state index contributed by atoms with van der Waals surface area (Å²) in [4.78, 5) is 2.49. The quantitative estimate of drug-likeness (QED) is 0.889. The predicted octanol–water partition coefficient (Wildman–Crippen LogP) is 4.40. The van der Waals surface area contributed by atoms with E-state index in [0.29, 0.717) is 6.04 Å². The smallest absolute Gasteiger partial charge is 0.382 e. The average Bonchev–Trinajstić information content (AvgIpc) is 3.09. The molecule has 2 fully saturated rings. The number of anilines is 1. The highest BCUT2D eigenvalue weighted by atomic mass is 19.4. The SMILES string of the molecule is N#Cc1ccc(C(F)(F)F)c(NC2CCN(C3CCCC3)CC2)c1. The van der Waals surface area contributed by atoms with Crippen LogP contribution in [-0.4, -0.2) is 30.1 Å². The van der Waals surface area contributed by atoms with Crippen molar-refractivity contribution in [2.24, 2.45) is 0 Å². The minimum absolute atomic E-state index is 0.0256. The fourth-order valence-corrected chi connectivity index (χ4v) is 3.88. The van der Waals surface area contributed by atoms with Crippen molar-refractivity contribution in [3.63, 3.8) is 0 Å². The van der Waals surface area contributed by atoms with E-state index in [1.165, 1.54) is 37.8 Å². The van der Waals surface area contributed by atoms with E-state index < -0.39 is 11.7 Å². The summed E-state index contributed by atoms with van der Waals surface area (Å²) in [5, 5.41) is 12.0. The number of benzene rings is 1. The van der Waals surface area contributed by atoms with Gasteiger partial charge in [0.1, 0.15) is 0 Å². The van der Waals surface area contributed by atoms with E-state index in [2.05, 4.69) is 10.2 Å². The molecule has 0 bridgehead atoms. The van der Waals surface area contributed by atoms with Crippen molar-refractivity contribution in [3.05, 3.63) is 29.3 Å². The van der Waals surface area contributed by atoms with Gasteiger partial charge in [-0.05, 0) is 43.9 Å². The standard InChI is InChI=1S/C18H22F3N3/c19-18(20,21)16-6-5-13(12-22)11-17(16)23-14-7-9-24(10-8-14)15-3-1-2-4-15/h5-6,11,14-15,23H,1-4,7-10H2. The van der Waals surface area contributed by atoms with E-state index in [4.69, 9.17) is 5.26 Å². The fraction of sp³-hybridized carbons (Fsp3) is 0.611. The number of nitrogens with zero attached hydrogens (tertiary/aromatic N) is 2. The molecule has 1 heterocycles. The van der Waals surface area contributed by atoms with Crippen molar-refractivity contribution in [3.8, 4) is 6.07 Å². The van der Waals surface area contributed by atoms with Crippen LogP contribution < -0.4 is 5.32 Å². The van der Waals surface area contributed by atoms with Crippen molar-refractivity contribution < 1.29 is 13.2 Å². The molecular weight excluding hydrogens is 315 g/mol. The van der Waals surface area contributed by atoms with Gasteiger partial charge in [-0.25, -0.2) is 0 Å². The van der Waals surface area contributed by atoms with Crippen molar-refractivity contribution in [2.75, 3.05) is 18.4 Å². The van der Waals surface area contributed by atoms with Gasteiger partial charge in [0.05, 0.1) is 17.2 Å². The van der Waals surface area contributed by atoms with Crippen LogP contribution in [0.1, 0.15) is 49.7 Å². The molecule has 1 saturated heterocycles. The van der Waals surface area contributed by atoms with Crippen molar-refractivity contribution in [2.45, 2.75) is 56.8 Å². The monoisotopic (exact) mass is 337 g/mol. The number of rotatable bonds is 3. The summed E-state index contributed by atoms with van der Waals surface area (Å²) in [5.41, 5.74) is -0.422. The highest BCUT2D eigenvalue weighted by molar-refractivity contribution is 5.57. The minimum Gasteiger partial charge on any atom is -0.382 e. The minimum atomic E-state index is -4.42. The van der Waals surface area contributed by atoms with Crippen LogP contribution in [0.25, 0.3) is 0 Å². The highest BCUT2D eigenvalue weighted by Gasteiger charge is 2.34. The Hall–Kier alpha value is -1.74. The molecule has 24 heavy (non-hydrogen) atoms. The Bertz CT molecular complexity index is 607. The third-order valence-corrected chi connectivity index (χ3v) is 5.18. The Morgan fingerprint density at radius 1 is 1.08 bits per heavy atom. The zero-order valence-electron chi connectivity index (χ0n) is 13.6. The Morgan fingerprint density at radius 2 is 1.75 bits per heavy atom. The first-order valence-electron chi connectivity index (χ1n) is 8.59. The lowest BCUT2D eigenvalue weighted by Crippen LogP contribution is -2.43. The molecule has 0 radical (unpaired) electrons. The summed E-state index contributed by atoms with van der Waals surface area (Å²) in [6.07, 6.45) is 2.34. The van der Waals surface area contributed by atoms with E-state index in [0.717, 1.165) is 32.0 Å². The van der Waals surface area contributed by atoms with Gasteiger partial charge in [-0.3, -0.25) is 0 Å². The van der Waals surface area contributed by atoms with Crippen LogP contribution in [0.5, 0.6) is 0 Å². The summed E-state index contributed by atoms with van der Waals surface area (Å²) in [7, 11) is 0.